The molecule has 1 aliphatic carbocycles. The Hall–Kier alpha value is -0.0800. The van der Waals surface area contributed by atoms with E-state index >= 15 is 0 Å². The zero-order chi connectivity index (χ0) is 14.6. The smallest absolute Gasteiger partial charge is 0.0277 e. The molecule has 1 aliphatic heterocycles. The van der Waals surface area contributed by atoms with Gasteiger partial charge in [0, 0.05) is 18.6 Å². The van der Waals surface area contributed by atoms with Gasteiger partial charge in [-0.2, -0.15) is 0 Å². The van der Waals surface area contributed by atoms with Crippen LogP contribution in [0.25, 0.3) is 0 Å². The van der Waals surface area contributed by atoms with Crippen LogP contribution in [-0.2, 0) is 0 Å². The van der Waals surface area contributed by atoms with Crippen LogP contribution in [0, 0.1) is 11.3 Å². The molecule has 1 atom stereocenters. The molecule has 2 nitrogen and oxygen atoms in total. The van der Waals surface area contributed by atoms with Gasteiger partial charge in [-0.05, 0) is 63.5 Å². The highest BCUT2D eigenvalue weighted by molar-refractivity contribution is 4.93. The molecule has 0 bridgehead atoms. The molecule has 0 aromatic rings. The van der Waals surface area contributed by atoms with E-state index in [-0.39, 0.29) is 0 Å². The van der Waals surface area contributed by atoms with E-state index in [1.165, 1.54) is 71.1 Å². The van der Waals surface area contributed by atoms with Gasteiger partial charge in [-0.15, -0.1) is 0 Å². The Morgan fingerprint density at radius 1 is 1.15 bits per heavy atom. The van der Waals surface area contributed by atoms with Gasteiger partial charge < -0.3 is 10.2 Å². The number of hydrogen-bond donors (Lipinski definition) is 1. The van der Waals surface area contributed by atoms with Crippen molar-refractivity contribution in [1.82, 2.24) is 10.2 Å². The van der Waals surface area contributed by atoms with Gasteiger partial charge >= 0.3 is 0 Å². The Balaban J connectivity index is 2.01. The molecule has 1 saturated carbocycles. The predicted molar refractivity (Wildman–Crippen MR) is 88.1 cm³/mol. The molecule has 0 radical (unpaired) electrons. The first-order chi connectivity index (χ1) is 9.47. The Morgan fingerprint density at radius 2 is 1.85 bits per heavy atom. The van der Waals surface area contributed by atoms with E-state index in [1.54, 1.807) is 0 Å². The highest BCUT2D eigenvalue weighted by Crippen LogP contribution is 2.44. The minimum absolute atomic E-state index is 0.328. The van der Waals surface area contributed by atoms with Gasteiger partial charge in [0.2, 0.25) is 0 Å². The summed E-state index contributed by atoms with van der Waals surface area (Å²) < 4.78 is 0. The number of nitrogens with zero attached hydrogens (tertiary/aromatic N) is 1. The second kappa shape index (κ2) is 6.79. The van der Waals surface area contributed by atoms with Crippen molar-refractivity contribution in [2.24, 2.45) is 11.3 Å². The fourth-order valence-corrected chi connectivity index (χ4v) is 4.59. The van der Waals surface area contributed by atoms with Crippen LogP contribution in [-0.4, -0.2) is 36.6 Å². The molecule has 2 heteroatoms. The van der Waals surface area contributed by atoms with E-state index in [4.69, 9.17) is 0 Å². The van der Waals surface area contributed by atoms with Gasteiger partial charge in [-0.1, -0.05) is 33.6 Å². The lowest BCUT2D eigenvalue weighted by Gasteiger charge is -2.39. The van der Waals surface area contributed by atoms with Crippen LogP contribution in [0.5, 0.6) is 0 Å². The van der Waals surface area contributed by atoms with Crippen molar-refractivity contribution >= 4 is 0 Å². The van der Waals surface area contributed by atoms with Crippen LogP contribution in [0.1, 0.15) is 72.6 Å². The normalized spacial score (nSPS) is 31.6. The van der Waals surface area contributed by atoms with Crippen LogP contribution in [0.3, 0.4) is 0 Å². The molecule has 0 aromatic carbocycles. The molecule has 2 rings (SSSR count). The summed E-state index contributed by atoms with van der Waals surface area (Å²) in [6.07, 6.45) is 9.84. The lowest BCUT2D eigenvalue weighted by molar-refractivity contribution is 0.112. The fraction of sp³-hybridized carbons (Fsp3) is 1.00. The third-order valence-corrected chi connectivity index (χ3v) is 5.62. The lowest BCUT2D eigenvalue weighted by atomic mass is 9.78. The Bertz CT molecular complexity index is 294. The summed E-state index contributed by atoms with van der Waals surface area (Å²) in [5.41, 5.74) is 0.960. The average molecular weight is 280 g/mol. The molecule has 1 heterocycles. The molecule has 0 spiro atoms. The number of rotatable bonds is 5. The van der Waals surface area contributed by atoms with Gasteiger partial charge in [0.1, 0.15) is 0 Å². The van der Waals surface area contributed by atoms with Crippen LogP contribution >= 0.6 is 0 Å². The molecule has 1 unspecified atom stereocenters. The quantitative estimate of drug-likeness (QED) is 0.817. The van der Waals surface area contributed by atoms with Crippen LogP contribution < -0.4 is 5.32 Å². The highest BCUT2D eigenvalue weighted by Gasteiger charge is 2.37. The minimum atomic E-state index is 0.328. The van der Waals surface area contributed by atoms with Crippen molar-refractivity contribution in [3.8, 4) is 0 Å². The molecule has 0 aromatic heterocycles. The summed E-state index contributed by atoms with van der Waals surface area (Å²) >= 11 is 0. The minimum Gasteiger partial charge on any atom is -0.310 e. The van der Waals surface area contributed by atoms with Gasteiger partial charge in [-0.25, -0.2) is 0 Å². The molecule has 118 valence electrons. The second-order valence-corrected chi connectivity index (χ2v) is 8.21. The van der Waals surface area contributed by atoms with Gasteiger partial charge in [0.05, 0.1) is 0 Å². The molecule has 0 amide bonds. The van der Waals surface area contributed by atoms with E-state index < -0.39 is 0 Å². The monoisotopic (exact) mass is 280 g/mol. The van der Waals surface area contributed by atoms with Crippen LogP contribution in [0.2, 0.25) is 0 Å². The first-order valence-corrected chi connectivity index (χ1v) is 8.94. The van der Waals surface area contributed by atoms with E-state index in [2.05, 4.69) is 37.9 Å². The second-order valence-electron chi connectivity index (χ2n) is 8.21. The van der Waals surface area contributed by atoms with E-state index in [9.17, 15) is 0 Å². The zero-order valence-corrected chi connectivity index (χ0v) is 14.3. The molecule has 1 saturated heterocycles. The third-order valence-electron chi connectivity index (χ3n) is 5.62. The molecule has 2 fully saturated rings. The van der Waals surface area contributed by atoms with Crippen molar-refractivity contribution in [1.29, 1.82) is 0 Å². The van der Waals surface area contributed by atoms with Gasteiger partial charge in [-0.3, -0.25) is 0 Å². The van der Waals surface area contributed by atoms with E-state index in [0.29, 0.717) is 11.0 Å². The zero-order valence-electron chi connectivity index (χ0n) is 14.3. The standard InChI is InChI=1S/C18H36N2/c1-5-17(4)14-20(12-8-11-19-17)15-18(13-16(2)3)9-6-7-10-18/h16,19H,5-15H2,1-4H3. The van der Waals surface area contributed by atoms with Crippen molar-refractivity contribution < 1.29 is 0 Å². The van der Waals surface area contributed by atoms with Crippen molar-refractivity contribution in [2.75, 3.05) is 26.2 Å². The predicted octanol–water partition coefficient (Wildman–Crippen LogP) is 4.06. The topological polar surface area (TPSA) is 15.3 Å². The fourth-order valence-electron chi connectivity index (χ4n) is 4.59. The Labute approximate surface area is 126 Å². The van der Waals surface area contributed by atoms with Crippen LogP contribution in [0.15, 0.2) is 0 Å². The first-order valence-electron chi connectivity index (χ1n) is 8.94. The largest absolute Gasteiger partial charge is 0.310 e. The first kappa shape index (κ1) is 16.3. The summed E-state index contributed by atoms with van der Waals surface area (Å²) in [6, 6.07) is 0. The van der Waals surface area contributed by atoms with E-state index in [1.807, 2.05) is 0 Å². The third kappa shape index (κ3) is 4.21. The van der Waals surface area contributed by atoms with Crippen molar-refractivity contribution in [2.45, 2.75) is 78.2 Å². The highest BCUT2D eigenvalue weighted by atomic mass is 15.2. The van der Waals surface area contributed by atoms with Gasteiger partial charge in [0.25, 0.3) is 0 Å². The van der Waals surface area contributed by atoms with Crippen molar-refractivity contribution in [3.63, 3.8) is 0 Å². The molecule has 1 N–H and O–H groups in total. The summed E-state index contributed by atoms with van der Waals surface area (Å²) in [5, 5.41) is 3.77. The summed E-state index contributed by atoms with van der Waals surface area (Å²) in [5.74, 6) is 0.843. The maximum absolute atomic E-state index is 3.77. The Morgan fingerprint density at radius 3 is 2.45 bits per heavy atom. The van der Waals surface area contributed by atoms with Crippen molar-refractivity contribution in [3.05, 3.63) is 0 Å². The summed E-state index contributed by atoms with van der Waals surface area (Å²) in [4.78, 5) is 2.79. The average Bonchev–Trinajstić information content (AvgIpc) is 2.73. The SMILES string of the molecule is CCC1(C)CN(CC2(CC(C)C)CCCC2)CCCN1. The lowest BCUT2D eigenvalue weighted by Crippen LogP contribution is -2.50. The van der Waals surface area contributed by atoms with Crippen LogP contribution in [0.4, 0.5) is 0 Å². The maximum atomic E-state index is 3.77. The number of hydrogen-bond acceptors (Lipinski definition) is 2. The van der Waals surface area contributed by atoms with Gasteiger partial charge in [0.15, 0.2) is 0 Å². The van der Waals surface area contributed by atoms with E-state index in [0.717, 1.165) is 5.92 Å². The Kier molecular flexibility index (Phi) is 5.53. The molecular formula is C18H36N2. The molecular weight excluding hydrogens is 244 g/mol. The molecule has 20 heavy (non-hydrogen) atoms. The number of nitrogens with one attached hydrogen (secondary N) is 1. The molecule has 2 aliphatic rings. The summed E-state index contributed by atoms with van der Waals surface area (Å²) in [7, 11) is 0. The summed E-state index contributed by atoms with van der Waals surface area (Å²) in [6.45, 7) is 14.6. The maximum Gasteiger partial charge on any atom is 0.0277 e.